The molecule has 1 saturated heterocycles. The minimum Gasteiger partial charge on any atom is -0.342 e. The van der Waals surface area contributed by atoms with Crippen LogP contribution >= 0.6 is 12.4 Å². The summed E-state index contributed by atoms with van der Waals surface area (Å²) in [5.41, 5.74) is 7.35. The molecule has 4 heteroatoms. The number of nitrogens with two attached hydrogens (primary N) is 1. The third kappa shape index (κ3) is 5.50. The Morgan fingerprint density at radius 3 is 2.52 bits per heavy atom. The quantitative estimate of drug-likeness (QED) is 0.881. The predicted octanol–water partition coefficient (Wildman–Crippen LogP) is 4.03. The van der Waals surface area contributed by atoms with Crippen LogP contribution in [0.1, 0.15) is 51.6 Å². The van der Waals surface area contributed by atoms with Crippen LogP contribution in [0.2, 0.25) is 0 Å². The summed E-state index contributed by atoms with van der Waals surface area (Å²) in [4.78, 5) is 14.8. The summed E-state index contributed by atoms with van der Waals surface area (Å²) in [6, 6.07) is 9.72. The lowest BCUT2D eigenvalue weighted by atomic mass is 9.88. The molecule has 1 heterocycles. The molecule has 0 aromatic heterocycles. The van der Waals surface area contributed by atoms with Crippen molar-refractivity contribution >= 4 is 18.3 Å². The molecule has 3 unspecified atom stereocenters. The van der Waals surface area contributed by atoms with E-state index < -0.39 is 0 Å². The number of amides is 1. The summed E-state index contributed by atoms with van der Waals surface area (Å²) >= 11 is 0. The number of piperidine rings is 1. The van der Waals surface area contributed by atoms with Crippen molar-refractivity contribution in [1.29, 1.82) is 0 Å². The van der Waals surface area contributed by atoms with Gasteiger partial charge in [-0.2, -0.15) is 0 Å². The molecule has 0 saturated carbocycles. The Hall–Kier alpha value is -1.06. The maximum Gasteiger partial charge on any atom is 0.227 e. The largest absolute Gasteiger partial charge is 0.342 e. The molecule has 23 heavy (non-hydrogen) atoms. The highest BCUT2D eigenvalue weighted by Gasteiger charge is 2.30. The zero-order valence-electron chi connectivity index (χ0n) is 14.6. The van der Waals surface area contributed by atoms with Gasteiger partial charge in [0.2, 0.25) is 5.91 Å². The average molecular weight is 339 g/mol. The first-order valence-corrected chi connectivity index (χ1v) is 8.58. The first-order valence-electron chi connectivity index (χ1n) is 8.58. The molecule has 0 spiro atoms. The Labute approximate surface area is 147 Å². The van der Waals surface area contributed by atoms with Gasteiger partial charge in [-0.15, -0.1) is 12.4 Å². The highest BCUT2D eigenvalue weighted by atomic mass is 35.5. The van der Waals surface area contributed by atoms with Gasteiger partial charge in [0, 0.05) is 19.1 Å². The van der Waals surface area contributed by atoms with E-state index in [1.807, 2.05) is 42.2 Å². The van der Waals surface area contributed by atoms with Crippen molar-refractivity contribution in [3.8, 4) is 0 Å². The first kappa shape index (κ1) is 20.0. The van der Waals surface area contributed by atoms with Crippen LogP contribution in [0, 0.1) is 17.8 Å². The van der Waals surface area contributed by atoms with E-state index in [1.54, 1.807) is 0 Å². The Kier molecular flexibility index (Phi) is 8.07. The van der Waals surface area contributed by atoms with Crippen molar-refractivity contribution in [3.63, 3.8) is 0 Å². The van der Waals surface area contributed by atoms with E-state index in [4.69, 9.17) is 5.73 Å². The molecule has 1 aromatic rings. The summed E-state index contributed by atoms with van der Waals surface area (Å²) < 4.78 is 0. The van der Waals surface area contributed by atoms with Crippen LogP contribution in [-0.2, 0) is 4.79 Å². The smallest absolute Gasteiger partial charge is 0.227 e. The van der Waals surface area contributed by atoms with Crippen LogP contribution < -0.4 is 5.73 Å². The monoisotopic (exact) mass is 338 g/mol. The second-order valence-electron chi connectivity index (χ2n) is 7.15. The van der Waals surface area contributed by atoms with E-state index in [9.17, 15) is 4.79 Å². The third-order valence-corrected chi connectivity index (χ3v) is 4.75. The molecule has 2 N–H and O–H groups in total. The fraction of sp³-hybridized carbons (Fsp3) is 0.632. The van der Waals surface area contributed by atoms with Crippen LogP contribution in [0.25, 0.3) is 0 Å². The molecule has 1 amide bonds. The highest BCUT2D eigenvalue weighted by molar-refractivity contribution is 5.85. The second-order valence-corrected chi connectivity index (χ2v) is 7.15. The van der Waals surface area contributed by atoms with Gasteiger partial charge in [-0.05, 0) is 36.7 Å². The molecule has 0 bridgehead atoms. The summed E-state index contributed by atoms with van der Waals surface area (Å²) in [5.74, 6) is 1.40. The van der Waals surface area contributed by atoms with Gasteiger partial charge in [0.25, 0.3) is 0 Å². The summed E-state index contributed by atoms with van der Waals surface area (Å²) in [6.45, 7) is 8.28. The molecule has 1 aromatic carbocycles. The first-order chi connectivity index (χ1) is 10.5. The fourth-order valence-corrected chi connectivity index (χ4v) is 3.53. The number of halogens is 1. The van der Waals surface area contributed by atoms with Gasteiger partial charge in [0.05, 0.1) is 5.92 Å². The molecule has 2 rings (SSSR count). The summed E-state index contributed by atoms with van der Waals surface area (Å²) in [7, 11) is 0. The van der Waals surface area contributed by atoms with Gasteiger partial charge in [0.15, 0.2) is 0 Å². The maximum atomic E-state index is 12.8. The third-order valence-electron chi connectivity index (χ3n) is 4.75. The van der Waals surface area contributed by atoms with E-state index in [2.05, 4.69) is 13.8 Å². The van der Waals surface area contributed by atoms with E-state index in [-0.39, 0.29) is 30.3 Å². The molecule has 0 radical (unpaired) electrons. The summed E-state index contributed by atoms with van der Waals surface area (Å²) in [5, 5.41) is 0. The lowest BCUT2D eigenvalue weighted by Gasteiger charge is -2.36. The van der Waals surface area contributed by atoms with Crippen molar-refractivity contribution in [3.05, 3.63) is 35.9 Å². The number of benzene rings is 1. The fourth-order valence-electron chi connectivity index (χ4n) is 3.53. The zero-order valence-corrected chi connectivity index (χ0v) is 15.4. The Balaban J connectivity index is 0.00000264. The molecule has 1 aliphatic rings. The molecule has 1 aliphatic heterocycles. The van der Waals surface area contributed by atoms with Crippen molar-refractivity contribution in [2.75, 3.05) is 13.1 Å². The number of carbonyl (C=O) groups is 1. The lowest BCUT2D eigenvalue weighted by molar-refractivity contribution is -0.137. The number of carbonyl (C=O) groups excluding carboxylic acids is 1. The van der Waals surface area contributed by atoms with Crippen LogP contribution in [0.3, 0.4) is 0 Å². The molecular weight excluding hydrogens is 308 g/mol. The molecule has 3 nitrogen and oxygen atoms in total. The van der Waals surface area contributed by atoms with E-state index >= 15 is 0 Å². The normalized spacial score (nSPS) is 20.7. The summed E-state index contributed by atoms with van der Waals surface area (Å²) in [6.07, 6.45) is 3.58. The van der Waals surface area contributed by atoms with E-state index in [1.165, 1.54) is 12.8 Å². The van der Waals surface area contributed by atoms with Crippen molar-refractivity contribution in [1.82, 2.24) is 4.90 Å². The second kappa shape index (κ2) is 9.29. The van der Waals surface area contributed by atoms with Crippen molar-refractivity contribution in [2.45, 2.75) is 46.1 Å². The van der Waals surface area contributed by atoms with E-state index in [0.717, 1.165) is 25.1 Å². The van der Waals surface area contributed by atoms with Crippen LogP contribution in [0.5, 0.6) is 0 Å². The van der Waals surface area contributed by atoms with E-state index in [0.29, 0.717) is 11.8 Å². The van der Waals surface area contributed by atoms with Crippen LogP contribution in [0.15, 0.2) is 30.3 Å². The topological polar surface area (TPSA) is 46.3 Å². The lowest BCUT2D eigenvalue weighted by Crippen LogP contribution is -2.45. The number of rotatable bonds is 5. The maximum absolute atomic E-state index is 12.8. The van der Waals surface area contributed by atoms with Crippen molar-refractivity contribution in [2.24, 2.45) is 23.5 Å². The molecule has 3 atom stereocenters. The Bertz CT molecular complexity index is 478. The van der Waals surface area contributed by atoms with Gasteiger partial charge in [-0.3, -0.25) is 4.79 Å². The predicted molar refractivity (Wildman–Crippen MR) is 98.5 cm³/mol. The van der Waals surface area contributed by atoms with Gasteiger partial charge >= 0.3 is 0 Å². The number of nitrogens with zero attached hydrogens (tertiary/aromatic N) is 1. The SMILES string of the molecule is CC(C)CC1CCCN(C(=O)C(C)C(N)c2ccccc2)C1.Cl. The Morgan fingerprint density at radius 1 is 1.26 bits per heavy atom. The van der Waals surface area contributed by atoms with Crippen LogP contribution in [0.4, 0.5) is 0 Å². The minimum absolute atomic E-state index is 0. The number of hydrogen-bond donors (Lipinski definition) is 1. The van der Waals surface area contributed by atoms with Crippen LogP contribution in [-0.4, -0.2) is 23.9 Å². The number of hydrogen-bond acceptors (Lipinski definition) is 2. The van der Waals surface area contributed by atoms with Gasteiger partial charge < -0.3 is 10.6 Å². The standard InChI is InChI=1S/C19H30N2O.ClH/c1-14(2)12-16-8-7-11-21(13-16)19(22)15(3)18(20)17-9-5-4-6-10-17;/h4-6,9-10,14-16,18H,7-8,11-13,20H2,1-3H3;1H. The average Bonchev–Trinajstić information content (AvgIpc) is 2.53. The number of likely N-dealkylation sites (tertiary alicyclic amines) is 1. The zero-order chi connectivity index (χ0) is 16.1. The molecule has 1 fully saturated rings. The highest BCUT2D eigenvalue weighted by Crippen LogP contribution is 2.27. The van der Waals surface area contributed by atoms with Crippen molar-refractivity contribution < 1.29 is 4.79 Å². The molecule has 130 valence electrons. The minimum atomic E-state index is -0.223. The van der Waals surface area contributed by atoms with Gasteiger partial charge in [-0.1, -0.05) is 51.1 Å². The van der Waals surface area contributed by atoms with Gasteiger partial charge in [-0.25, -0.2) is 0 Å². The Morgan fingerprint density at radius 2 is 1.91 bits per heavy atom. The molecular formula is C19H31ClN2O. The molecule has 0 aliphatic carbocycles. The van der Waals surface area contributed by atoms with Gasteiger partial charge in [0.1, 0.15) is 0 Å².